The molecule has 0 fully saturated rings. The number of amides is 1. The molecule has 1 aromatic heterocycles. The number of para-hydroxylation sites is 1. The van der Waals surface area contributed by atoms with Crippen molar-refractivity contribution in [3.8, 4) is 5.75 Å². The van der Waals surface area contributed by atoms with Crippen molar-refractivity contribution in [2.75, 3.05) is 6.61 Å². The van der Waals surface area contributed by atoms with E-state index >= 15 is 0 Å². The Kier molecular flexibility index (Phi) is 4.40. The van der Waals surface area contributed by atoms with E-state index < -0.39 is 0 Å². The van der Waals surface area contributed by atoms with Crippen molar-refractivity contribution >= 4 is 16.8 Å². The van der Waals surface area contributed by atoms with Gasteiger partial charge in [0, 0.05) is 17.5 Å². The lowest BCUT2D eigenvalue weighted by atomic mass is 10.2. The van der Waals surface area contributed by atoms with Gasteiger partial charge in [0.25, 0.3) is 5.91 Å². The number of hydrogen-bond acceptors (Lipinski definition) is 3. The molecule has 0 saturated carbocycles. The fourth-order valence-electron chi connectivity index (χ4n) is 1.83. The third kappa shape index (κ3) is 3.38. The summed E-state index contributed by atoms with van der Waals surface area (Å²) in [5, 5.41) is 3.69. The third-order valence-corrected chi connectivity index (χ3v) is 3.10. The number of fused-ring (bicyclic) bond motifs is 1. The smallest absolute Gasteiger partial charge is 0.258 e. The van der Waals surface area contributed by atoms with E-state index in [1.165, 1.54) is 6.07 Å². The van der Waals surface area contributed by atoms with Crippen LogP contribution in [0.4, 0.5) is 0 Å². The Morgan fingerprint density at radius 1 is 1.35 bits per heavy atom. The van der Waals surface area contributed by atoms with Gasteiger partial charge < -0.3 is 15.0 Å². The van der Waals surface area contributed by atoms with Crippen LogP contribution in [0.2, 0.25) is 0 Å². The fraction of sp³-hybridized carbons (Fsp3) is 0.333. The molecular weight excluding hydrogens is 256 g/mol. The van der Waals surface area contributed by atoms with Crippen LogP contribution in [0, 0.1) is 0 Å². The minimum absolute atomic E-state index is 0.0691. The summed E-state index contributed by atoms with van der Waals surface area (Å²) in [6.07, 6.45) is 0.868. The summed E-state index contributed by atoms with van der Waals surface area (Å²) < 4.78 is 5.50. The molecule has 2 N–H and O–H groups in total. The van der Waals surface area contributed by atoms with Crippen molar-refractivity contribution in [2.45, 2.75) is 26.3 Å². The zero-order valence-electron chi connectivity index (χ0n) is 11.6. The van der Waals surface area contributed by atoms with Crippen molar-refractivity contribution in [3.63, 3.8) is 0 Å². The van der Waals surface area contributed by atoms with E-state index in [2.05, 4.69) is 10.3 Å². The molecule has 1 aromatic carbocycles. The summed E-state index contributed by atoms with van der Waals surface area (Å²) in [4.78, 5) is 25.8. The topological polar surface area (TPSA) is 71.2 Å². The summed E-state index contributed by atoms with van der Waals surface area (Å²) in [7, 11) is 0. The lowest BCUT2D eigenvalue weighted by Gasteiger charge is -2.12. The Bertz CT molecular complexity index is 663. The third-order valence-electron chi connectivity index (χ3n) is 3.10. The second-order valence-corrected chi connectivity index (χ2v) is 4.71. The van der Waals surface area contributed by atoms with Crippen LogP contribution in [-0.4, -0.2) is 23.5 Å². The highest BCUT2D eigenvalue weighted by atomic mass is 16.5. The molecule has 0 bridgehead atoms. The van der Waals surface area contributed by atoms with Crippen LogP contribution in [0.25, 0.3) is 10.9 Å². The average molecular weight is 274 g/mol. The average Bonchev–Trinajstić information content (AvgIpc) is 2.44. The van der Waals surface area contributed by atoms with Crippen LogP contribution in [0.3, 0.4) is 0 Å². The first-order valence-corrected chi connectivity index (χ1v) is 6.64. The summed E-state index contributed by atoms with van der Waals surface area (Å²) in [6, 6.07) is 8.73. The van der Waals surface area contributed by atoms with Gasteiger partial charge >= 0.3 is 0 Å². The van der Waals surface area contributed by atoms with Gasteiger partial charge in [-0.3, -0.25) is 9.59 Å². The quantitative estimate of drug-likeness (QED) is 0.873. The van der Waals surface area contributed by atoms with E-state index in [0.717, 1.165) is 11.8 Å². The van der Waals surface area contributed by atoms with E-state index in [4.69, 9.17) is 4.74 Å². The molecule has 20 heavy (non-hydrogen) atoms. The van der Waals surface area contributed by atoms with Crippen molar-refractivity contribution in [2.24, 2.45) is 0 Å². The second kappa shape index (κ2) is 6.23. The zero-order valence-corrected chi connectivity index (χ0v) is 11.6. The Morgan fingerprint density at radius 3 is 2.90 bits per heavy atom. The number of aromatic nitrogens is 1. The summed E-state index contributed by atoms with van der Waals surface area (Å²) in [6.45, 7) is 3.87. The molecule has 1 atom stereocenters. The van der Waals surface area contributed by atoms with Crippen molar-refractivity contribution in [1.82, 2.24) is 10.3 Å². The van der Waals surface area contributed by atoms with Crippen molar-refractivity contribution < 1.29 is 9.53 Å². The number of pyridine rings is 1. The first kappa shape index (κ1) is 14.1. The molecule has 0 saturated heterocycles. The number of benzene rings is 1. The molecule has 1 amide bonds. The van der Waals surface area contributed by atoms with E-state index in [9.17, 15) is 9.59 Å². The van der Waals surface area contributed by atoms with E-state index in [-0.39, 0.29) is 24.1 Å². The number of rotatable bonds is 5. The second-order valence-electron chi connectivity index (χ2n) is 4.71. The largest absolute Gasteiger partial charge is 0.482 e. The standard InChI is InChI=1S/C15H18N2O3/c1-3-10(2)16-14(19)9-20-12-6-4-5-11-7-8-13(18)17-15(11)12/h4-8,10H,3,9H2,1-2H3,(H,16,19)(H,17,18). The Morgan fingerprint density at radius 2 is 2.15 bits per heavy atom. The number of aromatic amines is 1. The maximum atomic E-state index is 11.7. The van der Waals surface area contributed by atoms with Crippen LogP contribution in [0.1, 0.15) is 20.3 Å². The van der Waals surface area contributed by atoms with Gasteiger partial charge in [0.15, 0.2) is 6.61 Å². The van der Waals surface area contributed by atoms with Gasteiger partial charge in [-0.1, -0.05) is 19.1 Å². The molecule has 106 valence electrons. The highest BCUT2D eigenvalue weighted by Gasteiger charge is 2.08. The number of nitrogens with one attached hydrogen (secondary N) is 2. The lowest BCUT2D eigenvalue weighted by molar-refractivity contribution is -0.123. The van der Waals surface area contributed by atoms with E-state index in [0.29, 0.717) is 11.3 Å². The van der Waals surface area contributed by atoms with E-state index in [1.54, 1.807) is 12.1 Å². The molecule has 2 aromatic rings. The number of carbonyl (C=O) groups is 1. The van der Waals surface area contributed by atoms with Crippen molar-refractivity contribution in [1.29, 1.82) is 0 Å². The number of H-pyrrole nitrogens is 1. The normalized spacial score (nSPS) is 12.1. The number of carbonyl (C=O) groups excluding carboxylic acids is 1. The predicted molar refractivity (Wildman–Crippen MR) is 78.0 cm³/mol. The Hall–Kier alpha value is -2.30. The summed E-state index contributed by atoms with van der Waals surface area (Å²) in [5.74, 6) is 0.328. The molecule has 0 aliphatic heterocycles. The lowest BCUT2D eigenvalue weighted by Crippen LogP contribution is -2.35. The monoisotopic (exact) mass is 274 g/mol. The number of hydrogen-bond donors (Lipinski definition) is 2. The van der Waals surface area contributed by atoms with Gasteiger partial charge in [0.2, 0.25) is 5.56 Å². The SMILES string of the molecule is CCC(C)NC(=O)COc1cccc2ccc(=O)[nH]c12. The number of ether oxygens (including phenoxy) is 1. The molecule has 1 unspecified atom stereocenters. The molecule has 0 radical (unpaired) electrons. The molecule has 5 nitrogen and oxygen atoms in total. The van der Waals surface area contributed by atoms with Gasteiger partial charge in [0.05, 0.1) is 5.52 Å². The highest BCUT2D eigenvalue weighted by molar-refractivity contribution is 5.85. The molecule has 5 heteroatoms. The van der Waals surface area contributed by atoms with E-state index in [1.807, 2.05) is 26.0 Å². The summed E-state index contributed by atoms with van der Waals surface area (Å²) in [5.41, 5.74) is 0.411. The van der Waals surface area contributed by atoms with Crippen LogP contribution in [-0.2, 0) is 4.79 Å². The van der Waals surface area contributed by atoms with Crippen LogP contribution in [0.15, 0.2) is 35.1 Å². The highest BCUT2D eigenvalue weighted by Crippen LogP contribution is 2.21. The zero-order chi connectivity index (χ0) is 14.5. The fourth-order valence-corrected chi connectivity index (χ4v) is 1.83. The Balaban J connectivity index is 2.12. The van der Waals surface area contributed by atoms with Crippen LogP contribution < -0.4 is 15.6 Å². The van der Waals surface area contributed by atoms with Crippen molar-refractivity contribution in [3.05, 3.63) is 40.7 Å². The predicted octanol–water partition coefficient (Wildman–Crippen LogP) is 1.82. The summed E-state index contributed by atoms with van der Waals surface area (Å²) >= 11 is 0. The molecule has 0 aliphatic rings. The van der Waals surface area contributed by atoms with Crippen LogP contribution >= 0.6 is 0 Å². The first-order valence-electron chi connectivity index (χ1n) is 6.64. The minimum Gasteiger partial charge on any atom is -0.482 e. The maximum absolute atomic E-state index is 11.7. The van der Waals surface area contributed by atoms with Gasteiger partial charge in [-0.25, -0.2) is 0 Å². The van der Waals surface area contributed by atoms with Gasteiger partial charge in [-0.05, 0) is 25.5 Å². The van der Waals surface area contributed by atoms with Gasteiger partial charge in [-0.2, -0.15) is 0 Å². The molecule has 0 spiro atoms. The van der Waals surface area contributed by atoms with Crippen LogP contribution in [0.5, 0.6) is 5.75 Å². The first-order chi connectivity index (χ1) is 9.60. The molecular formula is C15H18N2O3. The minimum atomic E-state index is -0.197. The molecule has 1 heterocycles. The molecule has 0 aliphatic carbocycles. The van der Waals surface area contributed by atoms with Gasteiger partial charge in [0.1, 0.15) is 5.75 Å². The van der Waals surface area contributed by atoms with Gasteiger partial charge in [-0.15, -0.1) is 0 Å². The Labute approximate surface area is 117 Å². The molecule has 2 rings (SSSR count). The maximum Gasteiger partial charge on any atom is 0.258 e.